The van der Waals surface area contributed by atoms with E-state index in [9.17, 15) is 15.0 Å². The summed E-state index contributed by atoms with van der Waals surface area (Å²) in [6.45, 7) is -0.823. The molecule has 5 nitrogen and oxygen atoms in total. The highest BCUT2D eigenvalue weighted by Gasteiger charge is 2.20. The van der Waals surface area contributed by atoms with Gasteiger partial charge in [-0.3, -0.25) is 4.79 Å². The zero-order valence-electron chi connectivity index (χ0n) is 7.21. The molecule has 0 saturated carbocycles. The lowest BCUT2D eigenvalue weighted by atomic mass is 10.0. The number of aliphatic hydroxyl groups is 2. The van der Waals surface area contributed by atoms with Crippen LogP contribution in [0.3, 0.4) is 0 Å². The van der Waals surface area contributed by atoms with Gasteiger partial charge < -0.3 is 20.4 Å². The summed E-state index contributed by atoms with van der Waals surface area (Å²) in [7, 11) is 0. The average molecular weight is 198 g/mol. The molecule has 0 aliphatic rings. The van der Waals surface area contributed by atoms with E-state index >= 15 is 0 Å². The first-order valence-corrected chi connectivity index (χ1v) is 3.90. The maximum atomic E-state index is 10.9. The Morgan fingerprint density at radius 2 is 2.00 bits per heavy atom. The smallest absolute Gasteiger partial charge is 0.191 e. The topological polar surface area (TPSA) is 98.0 Å². The molecule has 0 radical (unpaired) electrons. The lowest BCUT2D eigenvalue weighted by Gasteiger charge is -2.10. The monoisotopic (exact) mass is 198 g/mol. The van der Waals surface area contributed by atoms with Gasteiger partial charge in [0.05, 0.1) is 0 Å². The Kier molecular flexibility index (Phi) is 3.06. The van der Waals surface area contributed by atoms with Crippen LogP contribution in [0.1, 0.15) is 11.7 Å². The van der Waals surface area contributed by atoms with E-state index < -0.39 is 30.0 Å². The van der Waals surface area contributed by atoms with Gasteiger partial charge >= 0.3 is 0 Å². The van der Waals surface area contributed by atoms with Crippen molar-refractivity contribution in [2.24, 2.45) is 0 Å². The minimum atomic E-state index is -1.62. The average Bonchev–Trinajstić information content (AvgIpc) is 2.20. The predicted octanol–water partition coefficient (Wildman–Crippen LogP) is -0.307. The zero-order chi connectivity index (χ0) is 10.7. The molecule has 0 amide bonds. The van der Waals surface area contributed by atoms with Crippen LogP contribution in [0.25, 0.3) is 0 Å². The SMILES string of the molecule is O=C(CO)C(O)c1cccc(O)c1O. The summed E-state index contributed by atoms with van der Waals surface area (Å²) < 4.78 is 0. The number of Topliss-reactive ketones (excluding diaryl/α,β-unsaturated/α-hetero) is 1. The number of benzene rings is 1. The van der Waals surface area contributed by atoms with Crippen LogP contribution in [-0.2, 0) is 4.79 Å². The van der Waals surface area contributed by atoms with Crippen molar-refractivity contribution in [3.05, 3.63) is 23.8 Å². The van der Waals surface area contributed by atoms with Gasteiger partial charge in [-0.25, -0.2) is 0 Å². The molecule has 1 aromatic rings. The molecular weight excluding hydrogens is 188 g/mol. The zero-order valence-corrected chi connectivity index (χ0v) is 7.21. The fraction of sp³-hybridized carbons (Fsp3) is 0.222. The summed E-state index contributed by atoms with van der Waals surface area (Å²) in [4.78, 5) is 10.9. The standard InChI is InChI=1S/C9H10O5/c10-4-7(12)9(14)5-2-1-3-6(11)8(5)13/h1-3,9-11,13-14H,4H2. The van der Waals surface area contributed by atoms with Gasteiger partial charge in [0.1, 0.15) is 12.7 Å². The Morgan fingerprint density at radius 1 is 1.36 bits per heavy atom. The molecule has 1 atom stereocenters. The predicted molar refractivity (Wildman–Crippen MR) is 46.8 cm³/mol. The van der Waals surface area contributed by atoms with Gasteiger partial charge in [-0.15, -0.1) is 0 Å². The van der Waals surface area contributed by atoms with Gasteiger partial charge in [0.25, 0.3) is 0 Å². The van der Waals surface area contributed by atoms with E-state index in [1.54, 1.807) is 0 Å². The molecule has 0 bridgehead atoms. The van der Waals surface area contributed by atoms with Crippen molar-refractivity contribution in [3.8, 4) is 11.5 Å². The second kappa shape index (κ2) is 4.08. The van der Waals surface area contributed by atoms with E-state index in [1.807, 2.05) is 0 Å². The Labute approximate surface area is 79.9 Å². The molecule has 5 heteroatoms. The molecule has 0 heterocycles. The summed E-state index contributed by atoms with van der Waals surface area (Å²) in [6, 6.07) is 3.88. The van der Waals surface area contributed by atoms with Crippen LogP contribution >= 0.6 is 0 Å². The molecule has 0 aromatic heterocycles. The van der Waals surface area contributed by atoms with Crippen LogP contribution in [-0.4, -0.2) is 32.8 Å². The van der Waals surface area contributed by atoms with Crippen molar-refractivity contribution in [1.29, 1.82) is 0 Å². The fourth-order valence-corrected chi connectivity index (χ4v) is 1.03. The molecule has 0 saturated heterocycles. The van der Waals surface area contributed by atoms with Crippen molar-refractivity contribution in [2.75, 3.05) is 6.61 Å². The van der Waals surface area contributed by atoms with Crippen LogP contribution in [0, 0.1) is 0 Å². The number of para-hydroxylation sites is 1. The normalized spacial score (nSPS) is 12.4. The van der Waals surface area contributed by atoms with Gasteiger partial charge in [0.2, 0.25) is 0 Å². The first kappa shape index (κ1) is 10.5. The number of aromatic hydroxyl groups is 2. The van der Waals surface area contributed by atoms with Crippen molar-refractivity contribution in [3.63, 3.8) is 0 Å². The molecule has 1 rings (SSSR count). The number of carbonyl (C=O) groups is 1. The van der Waals surface area contributed by atoms with Crippen LogP contribution in [0.4, 0.5) is 0 Å². The fourth-order valence-electron chi connectivity index (χ4n) is 1.03. The van der Waals surface area contributed by atoms with Crippen molar-refractivity contribution >= 4 is 5.78 Å². The van der Waals surface area contributed by atoms with E-state index in [0.29, 0.717) is 0 Å². The van der Waals surface area contributed by atoms with E-state index in [1.165, 1.54) is 18.2 Å². The summed E-state index contributed by atoms with van der Waals surface area (Å²) in [5.74, 6) is -1.82. The Bertz CT molecular complexity index is 347. The number of phenolic OH excluding ortho intramolecular Hbond substituents is 2. The molecule has 0 fully saturated rings. The number of rotatable bonds is 3. The first-order valence-electron chi connectivity index (χ1n) is 3.90. The number of ketones is 1. The quantitative estimate of drug-likeness (QED) is 0.499. The number of carbonyl (C=O) groups excluding carboxylic acids is 1. The third-order valence-electron chi connectivity index (χ3n) is 1.80. The third kappa shape index (κ3) is 1.84. The molecule has 4 N–H and O–H groups in total. The van der Waals surface area contributed by atoms with Gasteiger partial charge in [0.15, 0.2) is 17.3 Å². The maximum absolute atomic E-state index is 10.9. The summed E-state index contributed by atoms with van der Waals surface area (Å²) in [5.41, 5.74) is -0.121. The highest BCUT2D eigenvalue weighted by Crippen LogP contribution is 2.32. The lowest BCUT2D eigenvalue weighted by molar-refractivity contribution is -0.130. The van der Waals surface area contributed by atoms with Crippen molar-refractivity contribution in [2.45, 2.75) is 6.10 Å². The van der Waals surface area contributed by atoms with E-state index in [2.05, 4.69) is 0 Å². The number of phenols is 2. The van der Waals surface area contributed by atoms with Gasteiger partial charge in [-0.2, -0.15) is 0 Å². The highest BCUT2D eigenvalue weighted by atomic mass is 16.3. The van der Waals surface area contributed by atoms with Crippen molar-refractivity contribution < 1.29 is 25.2 Å². The third-order valence-corrected chi connectivity index (χ3v) is 1.80. The van der Waals surface area contributed by atoms with E-state index in [-0.39, 0.29) is 5.56 Å². The Morgan fingerprint density at radius 3 is 2.57 bits per heavy atom. The Balaban J connectivity index is 3.07. The number of aliphatic hydroxyl groups excluding tert-OH is 2. The van der Waals surface area contributed by atoms with Gasteiger partial charge in [0, 0.05) is 5.56 Å². The molecule has 76 valence electrons. The highest BCUT2D eigenvalue weighted by molar-refractivity contribution is 5.85. The second-order valence-electron chi connectivity index (χ2n) is 2.74. The largest absolute Gasteiger partial charge is 0.504 e. The van der Waals surface area contributed by atoms with Crippen LogP contribution < -0.4 is 0 Å². The van der Waals surface area contributed by atoms with Crippen LogP contribution in [0.15, 0.2) is 18.2 Å². The van der Waals surface area contributed by atoms with Gasteiger partial charge in [-0.05, 0) is 6.07 Å². The van der Waals surface area contributed by atoms with Crippen molar-refractivity contribution in [1.82, 2.24) is 0 Å². The number of hydrogen-bond acceptors (Lipinski definition) is 5. The van der Waals surface area contributed by atoms with Gasteiger partial charge in [-0.1, -0.05) is 12.1 Å². The molecular formula is C9H10O5. The summed E-state index contributed by atoms with van der Waals surface area (Å²) in [6.07, 6.45) is -1.62. The lowest BCUT2D eigenvalue weighted by Crippen LogP contribution is -2.15. The van der Waals surface area contributed by atoms with Crippen LogP contribution in [0.5, 0.6) is 11.5 Å². The molecule has 1 aromatic carbocycles. The number of hydrogen-bond donors (Lipinski definition) is 4. The minimum absolute atomic E-state index is 0.121. The molecule has 14 heavy (non-hydrogen) atoms. The van der Waals surface area contributed by atoms with E-state index in [4.69, 9.17) is 10.2 Å². The molecule has 0 spiro atoms. The summed E-state index contributed by atoms with van der Waals surface area (Å²) in [5, 5.41) is 36.1. The molecule has 1 unspecified atom stereocenters. The Hall–Kier alpha value is -1.59. The molecule has 0 aliphatic carbocycles. The molecule has 0 aliphatic heterocycles. The first-order chi connectivity index (χ1) is 6.57. The summed E-state index contributed by atoms with van der Waals surface area (Å²) >= 11 is 0. The minimum Gasteiger partial charge on any atom is -0.504 e. The maximum Gasteiger partial charge on any atom is 0.191 e. The van der Waals surface area contributed by atoms with E-state index in [0.717, 1.165) is 0 Å². The second-order valence-corrected chi connectivity index (χ2v) is 2.74. The van der Waals surface area contributed by atoms with Crippen LogP contribution in [0.2, 0.25) is 0 Å².